The summed E-state index contributed by atoms with van der Waals surface area (Å²) in [4.78, 5) is 27.0. The van der Waals surface area contributed by atoms with E-state index in [1.165, 1.54) is 17.4 Å². The van der Waals surface area contributed by atoms with Crippen LogP contribution in [0.1, 0.15) is 32.5 Å². The Morgan fingerprint density at radius 1 is 0.941 bits per heavy atom. The molecule has 3 aromatic carbocycles. The molecule has 0 saturated heterocycles. The van der Waals surface area contributed by atoms with Gasteiger partial charge in [-0.1, -0.05) is 78.3 Å². The van der Waals surface area contributed by atoms with Crippen molar-refractivity contribution in [3.63, 3.8) is 0 Å². The molecule has 0 unspecified atom stereocenters. The molecule has 0 radical (unpaired) electrons. The fraction of sp³-hybridized carbons (Fsp3) is 0.0714. The first-order chi connectivity index (χ1) is 16.6. The minimum absolute atomic E-state index is 0.203. The van der Waals surface area contributed by atoms with Crippen LogP contribution in [-0.2, 0) is 4.74 Å². The van der Waals surface area contributed by atoms with Crippen molar-refractivity contribution < 1.29 is 14.3 Å². The second-order valence-electron chi connectivity index (χ2n) is 7.34. The van der Waals surface area contributed by atoms with Crippen molar-refractivity contribution in [2.75, 3.05) is 11.9 Å². The number of benzene rings is 3. The Morgan fingerprint density at radius 2 is 1.59 bits per heavy atom. The largest absolute Gasteiger partial charge is 0.462 e. The van der Waals surface area contributed by atoms with E-state index in [4.69, 9.17) is 16.3 Å². The molecule has 170 valence electrons. The van der Waals surface area contributed by atoms with Crippen molar-refractivity contribution >= 4 is 51.5 Å². The minimum atomic E-state index is -0.475. The molecule has 0 aliphatic rings. The zero-order valence-electron chi connectivity index (χ0n) is 18.5. The lowest BCUT2D eigenvalue weighted by Gasteiger charge is -2.10. The Hall–Kier alpha value is -3.67. The van der Waals surface area contributed by atoms with Crippen molar-refractivity contribution in [3.8, 4) is 11.1 Å². The summed E-state index contributed by atoms with van der Waals surface area (Å²) in [7, 11) is 0. The monoisotopic (exact) mass is 487 g/mol. The predicted octanol–water partition coefficient (Wildman–Crippen LogP) is 7.88. The fourth-order valence-corrected chi connectivity index (χ4v) is 4.72. The van der Waals surface area contributed by atoms with Crippen molar-refractivity contribution in [1.82, 2.24) is 0 Å². The Kier molecular flexibility index (Phi) is 7.58. The van der Waals surface area contributed by atoms with Gasteiger partial charge in [0.25, 0.3) is 0 Å². The number of allylic oxidation sites excluding steroid dienone is 1. The highest BCUT2D eigenvalue weighted by Crippen LogP contribution is 2.42. The molecule has 0 saturated carbocycles. The molecule has 0 aliphatic carbocycles. The van der Waals surface area contributed by atoms with Crippen LogP contribution in [0.4, 0.5) is 10.7 Å². The number of ketones is 1. The maximum atomic E-state index is 13.4. The molecule has 0 atom stereocenters. The maximum Gasteiger partial charge on any atom is 0.341 e. The average molecular weight is 488 g/mol. The molecule has 0 amide bonds. The van der Waals surface area contributed by atoms with E-state index in [2.05, 4.69) is 5.32 Å². The molecular weight excluding hydrogens is 466 g/mol. The summed E-state index contributed by atoms with van der Waals surface area (Å²) in [5.41, 5.74) is 3.35. The molecule has 0 aliphatic heterocycles. The Balaban J connectivity index is 1.83. The summed E-state index contributed by atoms with van der Waals surface area (Å²) in [6.07, 6.45) is 3.25. The summed E-state index contributed by atoms with van der Waals surface area (Å²) < 4.78 is 5.39. The van der Waals surface area contributed by atoms with Crippen molar-refractivity contribution in [3.05, 3.63) is 112 Å². The van der Waals surface area contributed by atoms with Crippen LogP contribution in [0.5, 0.6) is 0 Å². The number of thiophene rings is 1. The first-order valence-electron chi connectivity index (χ1n) is 10.8. The first-order valence-corrected chi connectivity index (χ1v) is 12.0. The van der Waals surface area contributed by atoms with Gasteiger partial charge in [0, 0.05) is 16.3 Å². The van der Waals surface area contributed by atoms with Crippen molar-refractivity contribution in [2.45, 2.75) is 6.92 Å². The van der Waals surface area contributed by atoms with Crippen molar-refractivity contribution in [1.29, 1.82) is 0 Å². The molecule has 0 spiro atoms. The van der Waals surface area contributed by atoms with Crippen LogP contribution in [-0.4, -0.2) is 18.4 Å². The van der Waals surface area contributed by atoms with Crippen LogP contribution in [0, 0.1) is 0 Å². The zero-order chi connectivity index (χ0) is 23.9. The number of ether oxygens (including phenoxy) is 1. The fourth-order valence-electron chi connectivity index (χ4n) is 3.45. The van der Waals surface area contributed by atoms with E-state index in [1.807, 2.05) is 72.8 Å². The highest BCUT2D eigenvalue weighted by Gasteiger charge is 2.28. The van der Waals surface area contributed by atoms with Gasteiger partial charge in [-0.2, -0.15) is 0 Å². The molecule has 0 bridgehead atoms. The third kappa shape index (κ3) is 5.45. The van der Waals surface area contributed by atoms with Crippen LogP contribution < -0.4 is 5.32 Å². The summed E-state index contributed by atoms with van der Waals surface area (Å²) in [5, 5.41) is 4.49. The lowest BCUT2D eigenvalue weighted by atomic mass is 9.99. The molecule has 4 rings (SSSR count). The topological polar surface area (TPSA) is 55.4 Å². The molecule has 34 heavy (non-hydrogen) atoms. The Bertz CT molecular complexity index is 1310. The normalized spacial score (nSPS) is 10.9. The van der Waals surface area contributed by atoms with Gasteiger partial charge in [-0.3, -0.25) is 4.79 Å². The van der Waals surface area contributed by atoms with E-state index in [0.717, 1.165) is 16.8 Å². The van der Waals surface area contributed by atoms with Crippen LogP contribution in [0.15, 0.2) is 91.0 Å². The summed E-state index contributed by atoms with van der Waals surface area (Å²) in [5.74, 6) is -0.678. The molecule has 1 heterocycles. The second-order valence-corrected chi connectivity index (χ2v) is 8.79. The van der Waals surface area contributed by atoms with Gasteiger partial charge < -0.3 is 10.1 Å². The van der Waals surface area contributed by atoms with Gasteiger partial charge in [0.1, 0.15) is 10.6 Å². The van der Waals surface area contributed by atoms with Crippen LogP contribution in [0.3, 0.4) is 0 Å². The molecule has 1 aromatic heterocycles. The smallest absolute Gasteiger partial charge is 0.341 e. The molecule has 4 aromatic rings. The number of halogens is 1. The highest BCUT2D eigenvalue weighted by molar-refractivity contribution is 7.19. The van der Waals surface area contributed by atoms with E-state index in [-0.39, 0.29) is 12.4 Å². The van der Waals surface area contributed by atoms with Crippen LogP contribution in [0.25, 0.3) is 17.2 Å². The number of rotatable bonds is 8. The number of anilines is 2. The van der Waals surface area contributed by atoms with E-state index in [0.29, 0.717) is 26.0 Å². The minimum Gasteiger partial charge on any atom is -0.462 e. The number of hydrogen-bond acceptors (Lipinski definition) is 5. The molecule has 0 fully saturated rings. The molecule has 1 N–H and O–H groups in total. The van der Waals surface area contributed by atoms with Gasteiger partial charge >= 0.3 is 5.97 Å². The van der Waals surface area contributed by atoms with E-state index in [9.17, 15) is 9.59 Å². The van der Waals surface area contributed by atoms with Gasteiger partial charge in [-0.05, 0) is 48.4 Å². The zero-order valence-corrected chi connectivity index (χ0v) is 20.0. The molecule has 4 nitrogen and oxygen atoms in total. The number of carbonyl (C=O) groups excluding carboxylic acids is 2. The maximum absolute atomic E-state index is 13.4. The highest BCUT2D eigenvalue weighted by atomic mass is 35.5. The third-order valence-electron chi connectivity index (χ3n) is 5.00. The van der Waals surface area contributed by atoms with Crippen molar-refractivity contribution in [2.24, 2.45) is 0 Å². The lowest BCUT2D eigenvalue weighted by Crippen LogP contribution is -2.08. The quantitative estimate of drug-likeness (QED) is 0.156. The summed E-state index contributed by atoms with van der Waals surface area (Å²) in [6, 6.07) is 26.2. The third-order valence-corrected chi connectivity index (χ3v) is 6.37. The number of hydrogen-bond donors (Lipinski definition) is 1. The number of carbonyl (C=O) groups is 2. The predicted molar refractivity (Wildman–Crippen MR) is 140 cm³/mol. The number of para-hydroxylation sites is 1. The van der Waals surface area contributed by atoms with Gasteiger partial charge in [0.2, 0.25) is 0 Å². The van der Waals surface area contributed by atoms with E-state index in [1.54, 1.807) is 25.1 Å². The van der Waals surface area contributed by atoms with Gasteiger partial charge in [-0.15, -0.1) is 11.3 Å². The Morgan fingerprint density at radius 3 is 2.24 bits per heavy atom. The Labute approximate surface area is 207 Å². The number of esters is 1. The van der Waals surface area contributed by atoms with Gasteiger partial charge in [0.15, 0.2) is 5.78 Å². The van der Waals surface area contributed by atoms with E-state index < -0.39 is 5.97 Å². The SMILES string of the molecule is CCOC(=O)c1c(Nc2ccccc2)sc(C(=O)/C=C/c2ccc(Cl)cc2)c1-c1ccccc1. The van der Waals surface area contributed by atoms with Gasteiger partial charge in [0.05, 0.1) is 11.5 Å². The lowest BCUT2D eigenvalue weighted by molar-refractivity contribution is 0.0529. The standard InChI is InChI=1S/C28H22ClNO3S/c1-2-33-28(32)25-24(20-9-5-3-6-10-20)26(34-27(25)30-22-11-7-4-8-12-22)23(31)18-15-19-13-16-21(29)17-14-19/h3-18,30H,2H2,1H3/b18-15+. The summed E-state index contributed by atoms with van der Waals surface area (Å²) in [6.45, 7) is 1.99. The summed E-state index contributed by atoms with van der Waals surface area (Å²) >= 11 is 7.20. The average Bonchev–Trinajstić information content (AvgIpc) is 3.24. The van der Waals surface area contributed by atoms with Crippen LogP contribution >= 0.6 is 22.9 Å². The second kappa shape index (κ2) is 11.0. The number of nitrogens with one attached hydrogen (secondary N) is 1. The van der Waals surface area contributed by atoms with Crippen LogP contribution in [0.2, 0.25) is 5.02 Å². The van der Waals surface area contributed by atoms with Gasteiger partial charge in [-0.25, -0.2) is 4.79 Å². The molecular formula is C28H22ClNO3S. The first kappa shape index (κ1) is 23.5. The molecule has 6 heteroatoms. The van der Waals surface area contributed by atoms with E-state index >= 15 is 0 Å².